The zero-order valence-electron chi connectivity index (χ0n) is 14.7. The first kappa shape index (κ1) is 16.8. The molecular weight excluding hydrogens is 312 g/mol. The van der Waals surface area contributed by atoms with Crippen molar-refractivity contribution in [3.8, 4) is 0 Å². The molecule has 0 unspecified atom stereocenters. The lowest BCUT2D eigenvalue weighted by Crippen LogP contribution is -2.20. The van der Waals surface area contributed by atoms with Gasteiger partial charge in [0.25, 0.3) is 0 Å². The largest absolute Gasteiger partial charge is 0.323 e. The van der Waals surface area contributed by atoms with Crippen LogP contribution in [-0.4, -0.2) is 15.8 Å². The molecular formula is C20H22N4O. The Balaban J connectivity index is 1.76. The van der Waals surface area contributed by atoms with Gasteiger partial charge in [-0.3, -0.25) is 4.68 Å². The Kier molecular flexibility index (Phi) is 4.84. The van der Waals surface area contributed by atoms with Crippen LogP contribution in [0.4, 0.5) is 16.2 Å². The summed E-state index contributed by atoms with van der Waals surface area (Å²) >= 11 is 0. The van der Waals surface area contributed by atoms with E-state index in [4.69, 9.17) is 0 Å². The molecule has 0 spiro atoms. The van der Waals surface area contributed by atoms with Crippen LogP contribution in [0, 0.1) is 20.8 Å². The summed E-state index contributed by atoms with van der Waals surface area (Å²) in [5.41, 5.74) is 5.68. The van der Waals surface area contributed by atoms with Crippen LogP contribution in [0.5, 0.6) is 0 Å². The molecule has 0 aliphatic rings. The third kappa shape index (κ3) is 3.88. The summed E-state index contributed by atoms with van der Waals surface area (Å²) in [5.74, 6) is 0. The molecule has 0 atom stereocenters. The number of nitrogens with one attached hydrogen (secondary N) is 2. The van der Waals surface area contributed by atoms with Crippen LogP contribution in [0.25, 0.3) is 0 Å². The van der Waals surface area contributed by atoms with Crippen molar-refractivity contribution < 1.29 is 4.79 Å². The van der Waals surface area contributed by atoms with E-state index >= 15 is 0 Å². The lowest BCUT2D eigenvalue weighted by molar-refractivity contribution is 0.262. The number of benzene rings is 2. The molecule has 0 aliphatic heterocycles. The zero-order valence-corrected chi connectivity index (χ0v) is 14.7. The number of aryl methyl sites for hydroxylation is 2. The van der Waals surface area contributed by atoms with Gasteiger partial charge in [0, 0.05) is 5.69 Å². The second-order valence-electron chi connectivity index (χ2n) is 6.08. The number of anilines is 2. The minimum atomic E-state index is -0.271. The summed E-state index contributed by atoms with van der Waals surface area (Å²) in [7, 11) is 0. The number of aromatic nitrogens is 2. The van der Waals surface area contributed by atoms with Crippen molar-refractivity contribution in [2.75, 3.05) is 10.6 Å². The van der Waals surface area contributed by atoms with Crippen molar-refractivity contribution in [1.82, 2.24) is 9.78 Å². The highest BCUT2D eigenvalue weighted by Crippen LogP contribution is 2.21. The van der Waals surface area contributed by atoms with Crippen LogP contribution >= 0.6 is 0 Å². The second-order valence-corrected chi connectivity index (χ2v) is 6.08. The molecule has 5 nitrogen and oxygen atoms in total. The van der Waals surface area contributed by atoms with Gasteiger partial charge in [-0.1, -0.05) is 42.5 Å². The van der Waals surface area contributed by atoms with Crippen molar-refractivity contribution in [1.29, 1.82) is 0 Å². The number of carbonyl (C=O) groups excluding carboxylic acids is 1. The Morgan fingerprint density at radius 3 is 2.36 bits per heavy atom. The molecule has 1 aromatic heterocycles. The summed E-state index contributed by atoms with van der Waals surface area (Å²) in [5, 5.41) is 10.3. The number of hydrogen-bond donors (Lipinski definition) is 2. The van der Waals surface area contributed by atoms with E-state index in [0.717, 1.165) is 22.8 Å². The van der Waals surface area contributed by atoms with Gasteiger partial charge in [0.2, 0.25) is 0 Å². The maximum absolute atomic E-state index is 12.2. The van der Waals surface area contributed by atoms with E-state index in [-0.39, 0.29) is 6.03 Å². The molecule has 0 radical (unpaired) electrons. The fourth-order valence-electron chi connectivity index (χ4n) is 2.78. The summed E-state index contributed by atoms with van der Waals surface area (Å²) in [6.07, 6.45) is 0. The summed E-state index contributed by atoms with van der Waals surface area (Å²) in [4.78, 5) is 12.2. The first-order valence-electron chi connectivity index (χ1n) is 8.26. The van der Waals surface area contributed by atoms with Crippen LogP contribution in [0.2, 0.25) is 0 Å². The molecule has 0 saturated carbocycles. The molecule has 2 aromatic carbocycles. The SMILES string of the molecule is Cc1ccccc1Cn1nc(C)c(NC(=O)Nc2ccccc2)c1C. The monoisotopic (exact) mass is 334 g/mol. The van der Waals surface area contributed by atoms with Crippen LogP contribution in [-0.2, 0) is 6.54 Å². The third-order valence-corrected chi connectivity index (χ3v) is 4.23. The van der Waals surface area contributed by atoms with Crippen molar-refractivity contribution in [2.24, 2.45) is 0 Å². The molecule has 0 aliphatic carbocycles. The predicted octanol–water partition coefficient (Wildman–Crippen LogP) is 4.50. The average Bonchev–Trinajstić information content (AvgIpc) is 2.85. The smallest absolute Gasteiger partial charge is 0.308 e. The molecule has 128 valence electrons. The van der Waals surface area contributed by atoms with Gasteiger partial charge in [0.05, 0.1) is 23.6 Å². The third-order valence-electron chi connectivity index (χ3n) is 4.23. The van der Waals surface area contributed by atoms with Crippen molar-refractivity contribution >= 4 is 17.4 Å². The van der Waals surface area contributed by atoms with E-state index in [0.29, 0.717) is 6.54 Å². The van der Waals surface area contributed by atoms with Gasteiger partial charge in [-0.2, -0.15) is 5.10 Å². The maximum atomic E-state index is 12.2. The molecule has 2 amide bonds. The Morgan fingerprint density at radius 2 is 1.64 bits per heavy atom. The Hall–Kier alpha value is -3.08. The van der Waals surface area contributed by atoms with Gasteiger partial charge >= 0.3 is 6.03 Å². The maximum Gasteiger partial charge on any atom is 0.323 e. The lowest BCUT2D eigenvalue weighted by Gasteiger charge is -2.10. The highest BCUT2D eigenvalue weighted by atomic mass is 16.2. The lowest BCUT2D eigenvalue weighted by atomic mass is 10.1. The highest BCUT2D eigenvalue weighted by molar-refractivity contribution is 6.00. The van der Waals surface area contributed by atoms with Gasteiger partial charge in [0.15, 0.2) is 0 Å². The summed E-state index contributed by atoms with van der Waals surface area (Å²) in [6, 6.07) is 17.3. The number of carbonyl (C=O) groups is 1. The molecule has 2 N–H and O–H groups in total. The fourth-order valence-corrected chi connectivity index (χ4v) is 2.78. The molecule has 25 heavy (non-hydrogen) atoms. The molecule has 5 heteroatoms. The number of rotatable bonds is 4. The van der Waals surface area contributed by atoms with Crippen LogP contribution in [0.1, 0.15) is 22.5 Å². The van der Waals surface area contributed by atoms with E-state index in [1.54, 1.807) is 0 Å². The number of hydrogen-bond acceptors (Lipinski definition) is 2. The Labute approximate surface area is 147 Å². The van der Waals surface area contributed by atoms with Crippen LogP contribution in [0.3, 0.4) is 0 Å². The Bertz CT molecular complexity index is 884. The van der Waals surface area contributed by atoms with Gasteiger partial charge in [-0.05, 0) is 44.0 Å². The minimum Gasteiger partial charge on any atom is -0.308 e. The summed E-state index contributed by atoms with van der Waals surface area (Å²) in [6.45, 7) is 6.64. The topological polar surface area (TPSA) is 59.0 Å². The first-order chi connectivity index (χ1) is 12.0. The second kappa shape index (κ2) is 7.21. The van der Waals surface area contributed by atoms with Gasteiger partial charge in [-0.15, -0.1) is 0 Å². The molecule has 0 bridgehead atoms. The summed E-state index contributed by atoms with van der Waals surface area (Å²) < 4.78 is 1.93. The quantitative estimate of drug-likeness (QED) is 0.738. The van der Waals surface area contributed by atoms with E-state index in [9.17, 15) is 4.79 Å². The molecule has 0 fully saturated rings. The fraction of sp³-hybridized carbons (Fsp3) is 0.200. The Morgan fingerprint density at radius 1 is 0.960 bits per heavy atom. The number of para-hydroxylation sites is 1. The van der Waals surface area contributed by atoms with Crippen molar-refractivity contribution in [3.05, 3.63) is 77.1 Å². The highest BCUT2D eigenvalue weighted by Gasteiger charge is 2.15. The molecule has 1 heterocycles. The average molecular weight is 334 g/mol. The number of amides is 2. The van der Waals surface area contributed by atoms with Gasteiger partial charge < -0.3 is 10.6 Å². The van der Waals surface area contributed by atoms with Crippen LogP contribution in [0.15, 0.2) is 54.6 Å². The van der Waals surface area contributed by atoms with Crippen molar-refractivity contribution in [3.63, 3.8) is 0 Å². The van der Waals surface area contributed by atoms with E-state index < -0.39 is 0 Å². The molecule has 0 saturated heterocycles. The predicted molar refractivity (Wildman–Crippen MR) is 101 cm³/mol. The van der Waals surface area contributed by atoms with Gasteiger partial charge in [0.1, 0.15) is 0 Å². The normalized spacial score (nSPS) is 10.5. The van der Waals surface area contributed by atoms with Crippen molar-refractivity contribution in [2.45, 2.75) is 27.3 Å². The van der Waals surface area contributed by atoms with E-state index in [2.05, 4.69) is 34.8 Å². The first-order valence-corrected chi connectivity index (χ1v) is 8.26. The number of nitrogens with zero attached hydrogens (tertiary/aromatic N) is 2. The van der Waals surface area contributed by atoms with E-state index in [1.165, 1.54) is 11.1 Å². The zero-order chi connectivity index (χ0) is 17.8. The number of urea groups is 1. The van der Waals surface area contributed by atoms with Gasteiger partial charge in [-0.25, -0.2) is 4.79 Å². The minimum absolute atomic E-state index is 0.271. The molecule has 3 aromatic rings. The standard InChI is InChI=1S/C20H22N4O/c1-14-9-7-8-10-17(14)13-24-16(3)19(15(2)23-24)22-20(25)21-18-11-5-4-6-12-18/h4-12H,13H2,1-3H3,(H2,21,22,25). The van der Waals surface area contributed by atoms with E-state index in [1.807, 2.05) is 61.0 Å². The molecule has 3 rings (SSSR count). The van der Waals surface area contributed by atoms with Crippen LogP contribution < -0.4 is 10.6 Å².